The molecular weight excluding hydrogens is 306 g/mol. The Morgan fingerprint density at radius 1 is 1.36 bits per heavy atom. The van der Waals surface area contributed by atoms with Crippen LogP contribution in [0.3, 0.4) is 0 Å². The lowest BCUT2D eigenvalue weighted by atomic mass is 10.4. The third-order valence-corrected chi connectivity index (χ3v) is 3.62. The number of aryl methyl sites for hydroxylation is 1. The average molecular weight is 320 g/mol. The lowest BCUT2D eigenvalue weighted by Crippen LogP contribution is -2.05. The molecule has 0 unspecified atom stereocenters. The number of esters is 1. The first-order valence-corrected chi connectivity index (χ1v) is 7.16. The van der Waals surface area contributed by atoms with Crippen LogP contribution in [0.15, 0.2) is 24.5 Å². The second kappa shape index (κ2) is 5.76. The Kier molecular flexibility index (Phi) is 3.81. The predicted octanol–water partition coefficient (Wildman–Crippen LogP) is 2.11. The van der Waals surface area contributed by atoms with Crippen molar-refractivity contribution in [2.75, 3.05) is 6.61 Å². The minimum atomic E-state index is -0.480. The Morgan fingerprint density at radius 2 is 2.18 bits per heavy atom. The Hall–Kier alpha value is -2.41. The first-order valence-electron chi connectivity index (χ1n) is 6.79. The molecule has 0 atom stereocenters. The number of carbonyl (C=O) groups is 1. The molecule has 3 aromatic rings. The van der Waals surface area contributed by atoms with Crippen molar-refractivity contribution in [2.45, 2.75) is 20.4 Å². The van der Waals surface area contributed by atoms with Gasteiger partial charge < -0.3 is 9.14 Å². The van der Waals surface area contributed by atoms with Gasteiger partial charge in [-0.15, -0.1) is 5.10 Å². The molecule has 8 heteroatoms. The molecule has 0 saturated carbocycles. The Bertz CT molecular complexity index is 839. The number of aromatic nitrogens is 5. The van der Waals surface area contributed by atoms with Gasteiger partial charge in [-0.25, -0.2) is 14.5 Å². The third kappa shape index (κ3) is 2.67. The normalized spacial score (nSPS) is 11.0. The lowest BCUT2D eigenvalue weighted by Gasteiger charge is -2.00. The summed E-state index contributed by atoms with van der Waals surface area (Å²) in [7, 11) is 0. The van der Waals surface area contributed by atoms with Gasteiger partial charge in [-0.1, -0.05) is 16.8 Å². The van der Waals surface area contributed by atoms with E-state index in [0.717, 1.165) is 17.0 Å². The SMILES string of the molecule is CCOC(=O)c1cn(Cc2cn3c(C)c(Cl)ccc3n2)nn1. The van der Waals surface area contributed by atoms with Crippen molar-refractivity contribution in [2.24, 2.45) is 0 Å². The summed E-state index contributed by atoms with van der Waals surface area (Å²) >= 11 is 6.10. The molecule has 0 aliphatic heterocycles. The van der Waals surface area contributed by atoms with E-state index in [9.17, 15) is 4.79 Å². The Balaban J connectivity index is 1.84. The van der Waals surface area contributed by atoms with Crippen LogP contribution in [0.5, 0.6) is 0 Å². The molecule has 0 radical (unpaired) electrons. The van der Waals surface area contributed by atoms with Gasteiger partial charge in [0, 0.05) is 11.9 Å². The number of ether oxygens (including phenoxy) is 1. The van der Waals surface area contributed by atoms with E-state index in [4.69, 9.17) is 16.3 Å². The van der Waals surface area contributed by atoms with Gasteiger partial charge in [-0.2, -0.15) is 0 Å². The molecular formula is C14H14ClN5O2. The molecule has 0 amide bonds. The smallest absolute Gasteiger partial charge is 0.360 e. The van der Waals surface area contributed by atoms with E-state index in [1.54, 1.807) is 17.8 Å². The quantitative estimate of drug-likeness (QED) is 0.689. The molecule has 0 spiro atoms. The molecule has 3 aromatic heterocycles. The number of imidazole rings is 1. The summed E-state index contributed by atoms with van der Waals surface area (Å²) in [6.07, 6.45) is 3.43. The van der Waals surface area contributed by atoms with Crippen molar-refractivity contribution in [1.82, 2.24) is 24.4 Å². The van der Waals surface area contributed by atoms with Crippen molar-refractivity contribution in [3.05, 3.63) is 46.6 Å². The fourth-order valence-corrected chi connectivity index (χ4v) is 2.29. The molecule has 22 heavy (non-hydrogen) atoms. The van der Waals surface area contributed by atoms with Crippen molar-refractivity contribution in [1.29, 1.82) is 0 Å². The second-order valence-electron chi connectivity index (χ2n) is 4.75. The summed E-state index contributed by atoms with van der Waals surface area (Å²) in [6, 6.07) is 3.67. The number of carbonyl (C=O) groups excluding carboxylic acids is 1. The first kappa shape index (κ1) is 14.5. The van der Waals surface area contributed by atoms with Crippen LogP contribution >= 0.6 is 11.6 Å². The largest absolute Gasteiger partial charge is 0.461 e. The van der Waals surface area contributed by atoms with E-state index in [0.29, 0.717) is 18.2 Å². The highest BCUT2D eigenvalue weighted by Gasteiger charge is 2.13. The number of pyridine rings is 1. The van der Waals surface area contributed by atoms with Gasteiger partial charge in [-0.05, 0) is 26.0 Å². The van der Waals surface area contributed by atoms with Crippen LogP contribution in [-0.4, -0.2) is 37.0 Å². The number of fused-ring (bicyclic) bond motifs is 1. The van der Waals surface area contributed by atoms with E-state index in [2.05, 4.69) is 15.3 Å². The fraction of sp³-hybridized carbons (Fsp3) is 0.286. The van der Waals surface area contributed by atoms with E-state index < -0.39 is 5.97 Å². The van der Waals surface area contributed by atoms with Crippen molar-refractivity contribution in [3.63, 3.8) is 0 Å². The van der Waals surface area contributed by atoms with Gasteiger partial charge in [0.05, 0.1) is 30.1 Å². The summed E-state index contributed by atoms with van der Waals surface area (Å²) in [5.74, 6) is -0.480. The van der Waals surface area contributed by atoms with Gasteiger partial charge in [0.1, 0.15) is 5.65 Å². The summed E-state index contributed by atoms with van der Waals surface area (Å²) in [4.78, 5) is 16.1. The van der Waals surface area contributed by atoms with E-state index in [1.807, 2.05) is 29.7 Å². The summed E-state index contributed by atoms with van der Waals surface area (Å²) < 4.78 is 8.34. The molecule has 0 saturated heterocycles. The standard InChI is InChI=1S/C14H14ClN5O2/c1-3-22-14(21)12-8-19(18-17-12)6-10-7-20-9(2)11(15)4-5-13(20)16-10/h4-5,7-8H,3,6H2,1-2H3. The van der Waals surface area contributed by atoms with Gasteiger partial charge >= 0.3 is 5.97 Å². The maximum atomic E-state index is 11.6. The molecule has 114 valence electrons. The molecule has 0 aliphatic carbocycles. The summed E-state index contributed by atoms with van der Waals surface area (Å²) in [6.45, 7) is 4.38. The average Bonchev–Trinajstić information content (AvgIpc) is 3.11. The van der Waals surface area contributed by atoms with E-state index >= 15 is 0 Å². The monoisotopic (exact) mass is 319 g/mol. The Morgan fingerprint density at radius 3 is 2.95 bits per heavy atom. The number of hydrogen-bond donors (Lipinski definition) is 0. The fourth-order valence-electron chi connectivity index (χ4n) is 2.13. The maximum absolute atomic E-state index is 11.6. The highest BCUT2D eigenvalue weighted by molar-refractivity contribution is 6.31. The minimum absolute atomic E-state index is 0.185. The first-order chi connectivity index (χ1) is 10.6. The van der Waals surface area contributed by atoms with E-state index in [1.165, 1.54) is 0 Å². The third-order valence-electron chi connectivity index (χ3n) is 3.22. The van der Waals surface area contributed by atoms with Crippen LogP contribution in [0.2, 0.25) is 5.02 Å². The van der Waals surface area contributed by atoms with Gasteiger partial charge in [0.2, 0.25) is 0 Å². The van der Waals surface area contributed by atoms with Gasteiger partial charge in [0.15, 0.2) is 5.69 Å². The zero-order valence-corrected chi connectivity index (χ0v) is 12.9. The predicted molar refractivity (Wildman–Crippen MR) is 80.0 cm³/mol. The highest BCUT2D eigenvalue weighted by atomic mass is 35.5. The molecule has 0 fully saturated rings. The van der Waals surface area contributed by atoms with Gasteiger partial charge in [-0.3, -0.25) is 0 Å². The maximum Gasteiger partial charge on any atom is 0.360 e. The van der Waals surface area contributed by atoms with Crippen LogP contribution in [0, 0.1) is 6.92 Å². The van der Waals surface area contributed by atoms with Crippen molar-refractivity contribution in [3.8, 4) is 0 Å². The minimum Gasteiger partial charge on any atom is -0.461 e. The topological polar surface area (TPSA) is 74.3 Å². The molecule has 3 rings (SSSR count). The van der Waals surface area contributed by atoms with Crippen LogP contribution in [0.1, 0.15) is 28.8 Å². The number of nitrogens with zero attached hydrogens (tertiary/aromatic N) is 5. The molecule has 7 nitrogen and oxygen atoms in total. The molecule has 0 aliphatic rings. The van der Waals surface area contributed by atoms with Gasteiger partial charge in [0.25, 0.3) is 0 Å². The van der Waals surface area contributed by atoms with E-state index in [-0.39, 0.29) is 5.69 Å². The zero-order valence-electron chi connectivity index (χ0n) is 12.2. The molecule has 0 aromatic carbocycles. The van der Waals surface area contributed by atoms with Crippen LogP contribution in [0.4, 0.5) is 0 Å². The number of halogens is 1. The van der Waals surface area contributed by atoms with Crippen LogP contribution in [0.25, 0.3) is 5.65 Å². The van der Waals surface area contributed by atoms with Crippen molar-refractivity contribution >= 4 is 23.2 Å². The van der Waals surface area contributed by atoms with Crippen LogP contribution in [-0.2, 0) is 11.3 Å². The molecule has 0 N–H and O–H groups in total. The Labute approximate surface area is 131 Å². The lowest BCUT2D eigenvalue weighted by molar-refractivity contribution is 0.0519. The van der Waals surface area contributed by atoms with Crippen LogP contribution < -0.4 is 0 Å². The second-order valence-corrected chi connectivity index (χ2v) is 5.16. The zero-order chi connectivity index (χ0) is 15.7. The molecule has 3 heterocycles. The summed E-state index contributed by atoms with van der Waals surface area (Å²) in [5, 5.41) is 8.40. The summed E-state index contributed by atoms with van der Waals surface area (Å²) in [5.41, 5.74) is 2.71. The highest BCUT2D eigenvalue weighted by Crippen LogP contribution is 2.18. The number of hydrogen-bond acceptors (Lipinski definition) is 5. The number of rotatable bonds is 4. The molecule has 0 bridgehead atoms. The van der Waals surface area contributed by atoms with Crippen molar-refractivity contribution < 1.29 is 9.53 Å².